The van der Waals surface area contributed by atoms with Crippen LogP contribution in [0.1, 0.15) is 23.7 Å². The molecule has 4 heteroatoms. The first-order valence-electron chi connectivity index (χ1n) is 5.81. The van der Waals surface area contributed by atoms with E-state index in [1.54, 1.807) is 0 Å². The minimum Gasteiger partial charge on any atom is -0.396 e. The third-order valence-electron chi connectivity index (χ3n) is 3.29. The predicted molar refractivity (Wildman–Crippen MR) is 65.4 cm³/mol. The third kappa shape index (κ3) is 1.57. The second-order valence-corrected chi connectivity index (χ2v) is 4.37. The fraction of sp³-hybridized carbons (Fsp3) is 0.308. The molecule has 1 aliphatic heterocycles. The molecule has 0 aliphatic carbocycles. The summed E-state index contributed by atoms with van der Waals surface area (Å²) in [5, 5.41) is 8.95. The normalized spacial score (nSPS) is 14.5. The van der Waals surface area contributed by atoms with Gasteiger partial charge in [-0.05, 0) is 12.0 Å². The number of nitrogens with two attached hydrogens (primary N) is 1. The number of imidazole rings is 1. The van der Waals surface area contributed by atoms with Gasteiger partial charge in [0.15, 0.2) is 0 Å². The van der Waals surface area contributed by atoms with Gasteiger partial charge >= 0.3 is 0 Å². The first-order valence-corrected chi connectivity index (χ1v) is 5.81. The van der Waals surface area contributed by atoms with E-state index >= 15 is 0 Å². The highest BCUT2D eigenvalue weighted by atomic mass is 16.3. The van der Waals surface area contributed by atoms with Crippen molar-refractivity contribution in [2.45, 2.75) is 19.0 Å². The largest absolute Gasteiger partial charge is 0.396 e. The molecule has 2 heterocycles. The molecular weight excluding hydrogens is 214 g/mol. The van der Waals surface area contributed by atoms with E-state index in [0.29, 0.717) is 6.42 Å². The maximum Gasteiger partial charge on any atom is 0.140 e. The van der Waals surface area contributed by atoms with Gasteiger partial charge in [0.05, 0.1) is 18.4 Å². The van der Waals surface area contributed by atoms with Gasteiger partial charge in [-0.1, -0.05) is 24.3 Å². The van der Waals surface area contributed by atoms with Gasteiger partial charge in [-0.2, -0.15) is 0 Å². The molecule has 0 amide bonds. The van der Waals surface area contributed by atoms with Gasteiger partial charge in [-0.3, -0.25) is 0 Å². The van der Waals surface area contributed by atoms with E-state index in [1.165, 1.54) is 11.1 Å². The van der Waals surface area contributed by atoms with Crippen molar-refractivity contribution in [3.63, 3.8) is 0 Å². The standard InChI is InChI=1S/C13H15N3O/c14-11(5-6-17)12-7-15-13-10-4-2-1-3-9(10)8-16(12)13/h1-4,7,11,17H,5-6,8,14H2. The predicted octanol–water partition coefficient (Wildman–Crippen LogP) is 1.29. The number of nitrogens with zero attached hydrogens (tertiary/aromatic N) is 2. The van der Waals surface area contributed by atoms with Crippen molar-refractivity contribution in [2.75, 3.05) is 6.61 Å². The molecule has 3 N–H and O–H groups in total. The average Bonchev–Trinajstić information content (AvgIpc) is 2.87. The van der Waals surface area contributed by atoms with E-state index < -0.39 is 0 Å². The highest BCUT2D eigenvalue weighted by Gasteiger charge is 2.23. The first kappa shape index (κ1) is 10.5. The Labute approximate surface area is 99.7 Å². The lowest BCUT2D eigenvalue weighted by Gasteiger charge is -2.11. The molecular formula is C13H15N3O. The third-order valence-corrected chi connectivity index (χ3v) is 3.29. The molecule has 0 fully saturated rings. The quantitative estimate of drug-likeness (QED) is 0.711. The van der Waals surface area contributed by atoms with Crippen LogP contribution in [0.15, 0.2) is 30.5 Å². The Balaban J connectivity index is 2.02. The minimum atomic E-state index is -0.143. The second-order valence-electron chi connectivity index (χ2n) is 4.37. The maximum absolute atomic E-state index is 8.95. The van der Waals surface area contributed by atoms with Crippen molar-refractivity contribution < 1.29 is 5.11 Å². The summed E-state index contributed by atoms with van der Waals surface area (Å²) in [6.07, 6.45) is 2.40. The van der Waals surface area contributed by atoms with Crippen molar-refractivity contribution in [3.8, 4) is 11.4 Å². The van der Waals surface area contributed by atoms with Crippen LogP contribution in [0.2, 0.25) is 0 Å². The molecule has 3 rings (SSSR count). The van der Waals surface area contributed by atoms with Gasteiger partial charge in [0, 0.05) is 18.2 Å². The van der Waals surface area contributed by atoms with Crippen LogP contribution < -0.4 is 5.73 Å². The highest BCUT2D eigenvalue weighted by molar-refractivity contribution is 5.65. The molecule has 1 unspecified atom stereocenters. The Kier molecular flexibility index (Phi) is 2.46. The molecule has 0 saturated heterocycles. The number of aliphatic hydroxyl groups is 1. The summed E-state index contributed by atoms with van der Waals surface area (Å²) >= 11 is 0. The number of benzene rings is 1. The topological polar surface area (TPSA) is 64.1 Å². The number of fused-ring (bicyclic) bond motifs is 3. The van der Waals surface area contributed by atoms with Crippen molar-refractivity contribution in [2.24, 2.45) is 5.73 Å². The molecule has 88 valence electrons. The highest BCUT2D eigenvalue weighted by Crippen LogP contribution is 2.33. The molecule has 1 aromatic carbocycles. The molecule has 1 atom stereocenters. The molecule has 2 aromatic rings. The summed E-state index contributed by atoms with van der Waals surface area (Å²) in [7, 11) is 0. The summed E-state index contributed by atoms with van der Waals surface area (Å²) in [6.45, 7) is 0.939. The monoisotopic (exact) mass is 229 g/mol. The maximum atomic E-state index is 8.95. The number of aromatic nitrogens is 2. The summed E-state index contributed by atoms with van der Waals surface area (Å²) in [4.78, 5) is 4.44. The molecule has 1 aromatic heterocycles. The van der Waals surface area contributed by atoms with Crippen molar-refractivity contribution in [1.29, 1.82) is 0 Å². The lowest BCUT2D eigenvalue weighted by Crippen LogP contribution is -2.16. The molecule has 1 aliphatic rings. The molecule has 0 bridgehead atoms. The molecule has 0 spiro atoms. The molecule has 0 saturated carbocycles. The zero-order valence-electron chi connectivity index (χ0n) is 9.50. The van der Waals surface area contributed by atoms with Crippen LogP contribution in [0.4, 0.5) is 0 Å². The Hall–Kier alpha value is -1.65. The summed E-state index contributed by atoms with van der Waals surface area (Å²) in [5.74, 6) is 0.990. The van der Waals surface area contributed by atoms with E-state index in [9.17, 15) is 0 Å². The van der Waals surface area contributed by atoms with Crippen LogP contribution in [0.25, 0.3) is 11.4 Å². The van der Waals surface area contributed by atoms with Gasteiger partial charge in [-0.15, -0.1) is 0 Å². The van der Waals surface area contributed by atoms with Gasteiger partial charge < -0.3 is 15.4 Å². The Morgan fingerprint density at radius 2 is 2.24 bits per heavy atom. The van der Waals surface area contributed by atoms with Crippen LogP contribution in [0, 0.1) is 0 Å². The van der Waals surface area contributed by atoms with E-state index in [1.807, 2.05) is 18.3 Å². The summed E-state index contributed by atoms with van der Waals surface area (Å²) < 4.78 is 2.14. The van der Waals surface area contributed by atoms with E-state index in [0.717, 1.165) is 18.1 Å². The average molecular weight is 229 g/mol. The zero-order valence-corrected chi connectivity index (χ0v) is 9.50. The van der Waals surface area contributed by atoms with Gasteiger partial charge in [0.25, 0.3) is 0 Å². The number of rotatable bonds is 3. The number of hydrogen-bond donors (Lipinski definition) is 2. The Morgan fingerprint density at radius 3 is 3.06 bits per heavy atom. The minimum absolute atomic E-state index is 0.106. The van der Waals surface area contributed by atoms with Crippen LogP contribution in [-0.4, -0.2) is 21.3 Å². The fourth-order valence-electron chi connectivity index (χ4n) is 2.40. The fourth-order valence-corrected chi connectivity index (χ4v) is 2.40. The zero-order chi connectivity index (χ0) is 11.8. The van der Waals surface area contributed by atoms with E-state index in [4.69, 9.17) is 10.8 Å². The number of hydrogen-bond acceptors (Lipinski definition) is 3. The van der Waals surface area contributed by atoms with E-state index in [2.05, 4.69) is 21.7 Å². The second kappa shape index (κ2) is 3.98. The number of aliphatic hydroxyl groups excluding tert-OH is 1. The molecule has 17 heavy (non-hydrogen) atoms. The lowest BCUT2D eigenvalue weighted by atomic mass is 10.1. The van der Waals surface area contributed by atoms with Crippen LogP contribution in [-0.2, 0) is 6.54 Å². The van der Waals surface area contributed by atoms with Gasteiger partial charge in [0.1, 0.15) is 5.82 Å². The lowest BCUT2D eigenvalue weighted by molar-refractivity contribution is 0.274. The van der Waals surface area contributed by atoms with E-state index in [-0.39, 0.29) is 12.6 Å². The van der Waals surface area contributed by atoms with Crippen LogP contribution in [0.3, 0.4) is 0 Å². The molecule has 4 nitrogen and oxygen atoms in total. The van der Waals surface area contributed by atoms with Crippen molar-refractivity contribution in [3.05, 3.63) is 41.7 Å². The first-order chi connectivity index (χ1) is 8.31. The van der Waals surface area contributed by atoms with Crippen molar-refractivity contribution >= 4 is 0 Å². The van der Waals surface area contributed by atoms with Crippen LogP contribution in [0.5, 0.6) is 0 Å². The smallest absolute Gasteiger partial charge is 0.140 e. The van der Waals surface area contributed by atoms with Gasteiger partial charge in [0.2, 0.25) is 0 Å². The van der Waals surface area contributed by atoms with Crippen LogP contribution >= 0.6 is 0 Å². The SMILES string of the molecule is NC(CCO)c1cnc2n1Cc1ccccc1-2. The summed E-state index contributed by atoms with van der Waals surface area (Å²) in [6, 6.07) is 8.12. The van der Waals surface area contributed by atoms with Crippen molar-refractivity contribution in [1.82, 2.24) is 9.55 Å². The van der Waals surface area contributed by atoms with Gasteiger partial charge in [-0.25, -0.2) is 4.98 Å². The molecule has 0 radical (unpaired) electrons. The Bertz CT molecular complexity index is 547. The summed E-state index contributed by atoms with van der Waals surface area (Å²) in [5.41, 5.74) is 9.52. The Morgan fingerprint density at radius 1 is 1.41 bits per heavy atom.